The first-order chi connectivity index (χ1) is 9.94. The third-order valence-corrected chi connectivity index (χ3v) is 3.76. The lowest BCUT2D eigenvalue weighted by molar-refractivity contribution is -0.187. The van der Waals surface area contributed by atoms with E-state index in [1.165, 1.54) is 7.11 Å². The molecule has 0 N–H and O–H groups in total. The summed E-state index contributed by atoms with van der Waals surface area (Å²) < 4.78 is 43.4. The molecule has 0 aromatic heterocycles. The van der Waals surface area contributed by atoms with Crippen LogP contribution in [0.15, 0.2) is 18.2 Å². The lowest BCUT2D eigenvalue weighted by Gasteiger charge is -2.33. The highest BCUT2D eigenvalue weighted by molar-refractivity contribution is 5.45. The number of nitriles is 1. The van der Waals surface area contributed by atoms with E-state index in [1.807, 2.05) is 6.07 Å². The van der Waals surface area contributed by atoms with Gasteiger partial charge in [0.05, 0.1) is 18.6 Å². The van der Waals surface area contributed by atoms with Crippen molar-refractivity contribution < 1.29 is 17.9 Å². The van der Waals surface area contributed by atoms with Gasteiger partial charge in [-0.3, -0.25) is 4.90 Å². The Labute approximate surface area is 121 Å². The second kappa shape index (κ2) is 6.35. The minimum absolute atomic E-state index is 0.0252. The number of alkyl halides is 3. The molecule has 0 amide bonds. The maximum absolute atomic E-state index is 12.8. The summed E-state index contributed by atoms with van der Waals surface area (Å²) in [6.07, 6.45) is -3.38. The first kappa shape index (κ1) is 15.6. The molecule has 1 heterocycles. The minimum Gasteiger partial charge on any atom is -0.495 e. The highest BCUT2D eigenvalue weighted by Gasteiger charge is 2.41. The number of nitrogens with zero attached hydrogens (tertiary/aromatic N) is 2. The summed E-state index contributed by atoms with van der Waals surface area (Å²) in [6.45, 7) is 1.10. The van der Waals surface area contributed by atoms with E-state index in [2.05, 4.69) is 0 Å². The number of halogens is 3. The van der Waals surface area contributed by atoms with Crippen molar-refractivity contribution in [3.63, 3.8) is 0 Å². The number of ether oxygens (including phenoxy) is 1. The number of benzene rings is 1. The van der Waals surface area contributed by atoms with Crippen molar-refractivity contribution in [3.8, 4) is 11.8 Å². The Balaban J connectivity index is 2.06. The molecule has 0 radical (unpaired) electrons. The zero-order valence-corrected chi connectivity index (χ0v) is 11.8. The molecule has 6 heteroatoms. The summed E-state index contributed by atoms with van der Waals surface area (Å²) in [6, 6.07) is 7.18. The fourth-order valence-electron chi connectivity index (χ4n) is 2.67. The lowest BCUT2D eigenvalue weighted by atomic mass is 9.97. The Morgan fingerprint density at radius 2 is 2.19 bits per heavy atom. The first-order valence-electron chi connectivity index (χ1n) is 6.80. The van der Waals surface area contributed by atoms with Crippen molar-refractivity contribution >= 4 is 0 Å². The summed E-state index contributed by atoms with van der Waals surface area (Å²) in [5.41, 5.74) is 1.23. The van der Waals surface area contributed by atoms with Crippen LogP contribution >= 0.6 is 0 Å². The Morgan fingerprint density at radius 3 is 2.81 bits per heavy atom. The van der Waals surface area contributed by atoms with E-state index in [1.54, 1.807) is 23.1 Å². The fourth-order valence-corrected chi connectivity index (χ4v) is 2.67. The van der Waals surface area contributed by atoms with Crippen LogP contribution in [-0.2, 0) is 6.54 Å². The summed E-state index contributed by atoms with van der Waals surface area (Å²) in [7, 11) is 1.48. The maximum atomic E-state index is 12.8. The van der Waals surface area contributed by atoms with Crippen molar-refractivity contribution in [2.24, 2.45) is 5.92 Å². The highest BCUT2D eigenvalue weighted by Crippen LogP contribution is 2.33. The normalized spacial score (nSPS) is 20.0. The molecule has 1 aromatic carbocycles. The zero-order valence-electron chi connectivity index (χ0n) is 11.8. The monoisotopic (exact) mass is 298 g/mol. The standard InChI is InChI=1S/C15H17F3N2O/c1-21-14-5-4-11(7-12(14)8-19)9-20-6-2-3-13(10-20)15(16,17)18/h4-5,7,13H,2-3,6,9-10H2,1H3. The Bertz CT molecular complexity index is 537. The number of likely N-dealkylation sites (tertiary alicyclic amines) is 1. The van der Waals surface area contributed by atoms with Gasteiger partial charge in [-0.2, -0.15) is 18.4 Å². The van der Waals surface area contributed by atoms with Gasteiger partial charge in [0.25, 0.3) is 0 Å². The largest absolute Gasteiger partial charge is 0.495 e. The molecule has 0 bridgehead atoms. The minimum atomic E-state index is -4.13. The van der Waals surface area contributed by atoms with E-state index >= 15 is 0 Å². The van der Waals surface area contributed by atoms with Gasteiger partial charge in [0.2, 0.25) is 0 Å². The third kappa shape index (κ3) is 3.88. The summed E-state index contributed by atoms with van der Waals surface area (Å²) in [5, 5.41) is 9.04. The van der Waals surface area contributed by atoms with Gasteiger partial charge in [0.1, 0.15) is 11.8 Å². The maximum Gasteiger partial charge on any atom is 0.393 e. The second-order valence-corrected chi connectivity index (χ2v) is 5.26. The average Bonchev–Trinajstić information content (AvgIpc) is 2.46. The predicted octanol–water partition coefficient (Wildman–Crippen LogP) is 3.34. The van der Waals surface area contributed by atoms with Gasteiger partial charge in [0.15, 0.2) is 0 Å². The van der Waals surface area contributed by atoms with Crippen LogP contribution in [0.4, 0.5) is 13.2 Å². The Kier molecular flexibility index (Phi) is 4.73. The van der Waals surface area contributed by atoms with Crippen LogP contribution in [0.2, 0.25) is 0 Å². The molecule has 1 unspecified atom stereocenters. The van der Waals surface area contributed by atoms with E-state index < -0.39 is 12.1 Å². The molecule has 1 aromatic rings. The summed E-state index contributed by atoms with van der Waals surface area (Å²) in [5.74, 6) is -0.770. The molecule has 0 aliphatic carbocycles. The van der Waals surface area contributed by atoms with Crippen molar-refractivity contribution in [1.82, 2.24) is 4.90 Å². The van der Waals surface area contributed by atoms with Gasteiger partial charge in [0, 0.05) is 13.1 Å². The molecule has 0 spiro atoms. The van der Waals surface area contributed by atoms with Crippen molar-refractivity contribution in [2.45, 2.75) is 25.6 Å². The van der Waals surface area contributed by atoms with Gasteiger partial charge in [-0.1, -0.05) is 6.07 Å². The van der Waals surface area contributed by atoms with E-state index in [4.69, 9.17) is 10.00 Å². The van der Waals surface area contributed by atoms with Gasteiger partial charge in [-0.15, -0.1) is 0 Å². The van der Waals surface area contributed by atoms with E-state index in [9.17, 15) is 13.2 Å². The van der Waals surface area contributed by atoms with Gasteiger partial charge >= 0.3 is 6.18 Å². The van der Waals surface area contributed by atoms with Gasteiger partial charge < -0.3 is 4.74 Å². The number of hydrogen-bond donors (Lipinski definition) is 0. The molecule has 1 aliphatic rings. The lowest BCUT2D eigenvalue weighted by Crippen LogP contribution is -2.41. The molecule has 2 rings (SSSR count). The van der Waals surface area contributed by atoms with Crippen LogP contribution in [0, 0.1) is 17.2 Å². The number of methoxy groups -OCH3 is 1. The first-order valence-corrected chi connectivity index (χ1v) is 6.80. The molecular weight excluding hydrogens is 281 g/mol. The van der Waals surface area contributed by atoms with Crippen LogP contribution in [0.25, 0.3) is 0 Å². The molecule has 3 nitrogen and oxygen atoms in total. The van der Waals surface area contributed by atoms with E-state index in [-0.39, 0.29) is 13.0 Å². The van der Waals surface area contributed by atoms with E-state index in [0.29, 0.717) is 30.8 Å². The topological polar surface area (TPSA) is 36.3 Å². The quantitative estimate of drug-likeness (QED) is 0.858. The van der Waals surface area contributed by atoms with Gasteiger partial charge in [-0.25, -0.2) is 0 Å². The molecule has 1 aliphatic heterocycles. The van der Waals surface area contributed by atoms with Gasteiger partial charge in [-0.05, 0) is 37.1 Å². The Hall–Kier alpha value is -1.74. The second-order valence-electron chi connectivity index (χ2n) is 5.26. The molecule has 1 saturated heterocycles. The molecular formula is C15H17F3N2O. The Morgan fingerprint density at radius 1 is 1.43 bits per heavy atom. The molecule has 1 atom stereocenters. The van der Waals surface area contributed by atoms with Crippen LogP contribution in [-0.4, -0.2) is 31.3 Å². The smallest absolute Gasteiger partial charge is 0.393 e. The number of rotatable bonds is 3. The summed E-state index contributed by atoms with van der Waals surface area (Å²) >= 11 is 0. The highest BCUT2D eigenvalue weighted by atomic mass is 19.4. The molecule has 1 fully saturated rings. The zero-order chi connectivity index (χ0) is 15.5. The van der Waals surface area contributed by atoms with Crippen LogP contribution in [0.1, 0.15) is 24.0 Å². The summed E-state index contributed by atoms with van der Waals surface area (Å²) in [4.78, 5) is 1.80. The molecule has 21 heavy (non-hydrogen) atoms. The van der Waals surface area contributed by atoms with Crippen molar-refractivity contribution in [2.75, 3.05) is 20.2 Å². The number of hydrogen-bond acceptors (Lipinski definition) is 3. The third-order valence-electron chi connectivity index (χ3n) is 3.76. The number of piperidine rings is 1. The fraction of sp³-hybridized carbons (Fsp3) is 0.533. The molecule has 114 valence electrons. The van der Waals surface area contributed by atoms with E-state index in [0.717, 1.165) is 5.56 Å². The van der Waals surface area contributed by atoms with Crippen LogP contribution in [0.5, 0.6) is 5.75 Å². The van der Waals surface area contributed by atoms with Crippen LogP contribution < -0.4 is 4.74 Å². The SMILES string of the molecule is COc1ccc(CN2CCCC(C(F)(F)F)C2)cc1C#N. The average molecular weight is 298 g/mol. The van der Waals surface area contributed by atoms with Crippen molar-refractivity contribution in [3.05, 3.63) is 29.3 Å². The predicted molar refractivity (Wildman–Crippen MR) is 71.8 cm³/mol. The molecule has 0 saturated carbocycles. The van der Waals surface area contributed by atoms with Crippen molar-refractivity contribution in [1.29, 1.82) is 5.26 Å². The van der Waals surface area contributed by atoms with Crippen LogP contribution in [0.3, 0.4) is 0 Å².